The van der Waals surface area contributed by atoms with Gasteiger partial charge in [-0.3, -0.25) is 0 Å². The molecule has 15 heavy (non-hydrogen) atoms. The van der Waals surface area contributed by atoms with E-state index in [1.807, 2.05) is 23.9 Å². The van der Waals surface area contributed by atoms with Crippen molar-refractivity contribution in [3.63, 3.8) is 0 Å². The Morgan fingerprint density at radius 3 is 2.93 bits per heavy atom. The van der Waals surface area contributed by atoms with E-state index in [0.29, 0.717) is 11.7 Å². The topological polar surface area (TPSA) is 42.7 Å². The first-order valence-corrected chi connectivity index (χ1v) is 4.95. The second-order valence-corrected chi connectivity index (χ2v) is 3.56. The molecule has 0 aliphatic heterocycles. The number of halogens is 1. The zero-order valence-electron chi connectivity index (χ0n) is 8.31. The Morgan fingerprint density at radius 2 is 2.27 bits per heavy atom. The minimum Gasteiger partial charge on any atom is -0.378 e. The van der Waals surface area contributed by atoms with Crippen LogP contribution in [0, 0.1) is 0 Å². The molecular weight excluding hydrogens is 212 g/mol. The molecule has 5 heteroatoms. The van der Waals surface area contributed by atoms with Gasteiger partial charge < -0.3 is 9.88 Å². The molecule has 0 spiro atoms. The highest BCUT2D eigenvalue weighted by Crippen LogP contribution is 2.12. The fourth-order valence-electron chi connectivity index (χ4n) is 1.26. The highest BCUT2D eigenvalue weighted by Gasteiger charge is 1.99. The van der Waals surface area contributed by atoms with Gasteiger partial charge >= 0.3 is 0 Å². The largest absolute Gasteiger partial charge is 0.378 e. The first kappa shape index (κ1) is 9.98. The summed E-state index contributed by atoms with van der Waals surface area (Å²) >= 11 is 5.76. The Kier molecular flexibility index (Phi) is 2.87. The number of hydrogen-bond donors (Lipinski definition) is 1. The van der Waals surface area contributed by atoms with Gasteiger partial charge in [0.05, 0.1) is 6.54 Å². The second-order valence-electron chi connectivity index (χ2n) is 3.18. The molecule has 0 unspecified atom stereocenters. The Labute approximate surface area is 92.9 Å². The monoisotopic (exact) mass is 222 g/mol. The second kappa shape index (κ2) is 4.31. The van der Waals surface area contributed by atoms with Crippen molar-refractivity contribution in [1.82, 2.24) is 14.5 Å². The number of aromatic nitrogens is 3. The number of rotatable bonds is 3. The van der Waals surface area contributed by atoms with Crippen LogP contribution in [-0.4, -0.2) is 14.5 Å². The number of nitrogens with one attached hydrogen (secondary N) is 1. The molecule has 0 aliphatic carbocycles. The van der Waals surface area contributed by atoms with E-state index in [9.17, 15) is 0 Å². The third kappa shape index (κ3) is 2.47. The maximum atomic E-state index is 5.76. The molecule has 0 amide bonds. The van der Waals surface area contributed by atoms with E-state index >= 15 is 0 Å². The minimum absolute atomic E-state index is 0.486. The summed E-state index contributed by atoms with van der Waals surface area (Å²) in [7, 11) is 1.96. The maximum Gasteiger partial charge on any atom is 0.131 e. The molecule has 0 saturated heterocycles. The van der Waals surface area contributed by atoms with Gasteiger partial charge in [-0.1, -0.05) is 11.6 Å². The predicted octanol–water partition coefficient (Wildman–Crippen LogP) is 2.08. The number of hydrogen-bond acceptors (Lipinski definition) is 3. The van der Waals surface area contributed by atoms with Gasteiger partial charge in [0.15, 0.2) is 0 Å². The van der Waals surface area contributed by atoms with E-state index in [0.717, 1.165) is 11.5 Å². The summed E-state index contributed by atoms with van der Waals surface area (Å²) in [6.45, 7) is 0.670. The fourth-order valence-corrected chi connectivity index (χ4v) is 1.43. The summed E-state index contributed by atoms with van der Waals surface area (Å²) in [6.07, 6.45) is 5.36. The summed E-state index contributed by atoms with van der Waals surface area (Å²) in [5, 5.41) is 3.71. The molecule has 2 heterocycles. The van der Waals surface area contributed by atoms with Crippen LogP contribution >= 0.6 is 11.6 Å². The third-order valence-electron chi connectivity index (χ3n) is 2.10. The van der Waals surface area contributed by atoms with Gasteiger partial charge in [0.2, 0.25) is 0 Å². The Morgan fingerprint density at radius 1 is 1.40 bits per heavy atom. The van der Waals surface area contributed by atoms with Gasteiger partial charge in [0.25, 0.3) is 0 Å². The summed E-state index contributed by atoms with van der Waals surface area (Å²) in [6, 6.07) is 3.65. The molecule has 0 fully saturated rings. The molecule has 0 bridgehead atoms. The molecule has 4 nitrogen and oxygen atoms in total. The van der Waals surface area contributed by atoms with Crippen molar-refractivity contribution in [3.8, 4) is 0 Å². The lowest BCUT2D eigenvalue weighted by Crippen LogP contribution is -2.05. The molecule has 2 rings (SSSR count). The lowest BCUT2D eigenvalue weighted by molar-refractivity contribution is 0.813. The van der Waals surface area contributed by atoms with Crippen molar-refractivity contribution in [3.05, 3.63) is 41.7 Å². The standard InChI is InChI=1S/C10H11ClN4/c1-15-5-4-13-10(15)7-14-8-2-3-12-9(11)6-8/h2-6H,7H2,1H3,(H,12,14). The van der Waals surface area contributed by atoms with E-state index in [1.165, 1.54) is 0 Å². The Bertz CT molecular complexity index is 452. The molecule has 0 aromatic carbocycles. The average Bonchev–Trinajstić information content (AvgIpc) is 2.61. The number of nitrogens with zero attached hydrogens (tertiary/aromatic N) is 3. The highest BCUT2D eigenvalue weighted by atomic mass is 35.5. The van der Waals surface area contributed by atoms with Crippen LogP contribution in [0.25, 0.3) is 0 Å². The van der Waals surface area contributed by atoms with Crippen molar-refractivity contribution in [1.29, 1.82) is 0 Å². The van der Waals surface area contributed by atoms with Gasteiger partial charge in [-0.15, -0.1) is 0 Å². The number of pyridine rings is 1. The van der Waals surface area contributed by atoms with Crippen LogP contribution in [0.5, 0.6) is 0 Å². The van der Waals surface area contributed by atoms with Gasteiger partial charge in [0.1, 0.15) is 11.0 Å². The number of imidazole rings is 1. The Hall–Kier alpha value is -1.55. The van der Waals surface area contributed by atoms with Crippen LogP contribution in [0.2, 0.25) is 5.15 Å². The summed E-state index contributed by atoms with van der Waals surface area (Å²) in [5.74, 6) is 0.975. The summed E-state index contributed by atoms with van der Waals surface area (Å²) < 4.78 is 1.97. The molecule has 1 N–H and O–H groups in total. The zero-order valence-corrected chi connectivity index (χ0v) is 9.07. The van der Waals surface area contributed by atoms with Gasteiger partial charge in [-0.25, -0.2) is 9.97 Å². The van der Waals surface area contributed by atoms with Crippen LogP contribution in [0.15, 0.2) is 30.7 Å². The average molecular weight is 223 g/mol. The first-order chi connectivity index (χ1) is 7.25. The molecule has 0 aliphatic rings. The van der Waals surface area contributed by atoms with Crippen LogP contribution in [0.4, 0.5) is 5.69 Å². The summed E-state index contributed by atoms with van der Waals surface area (Å²) in [4.78, 5) is 8.11. The van der Waals surface area contributed by atoms with E-state index < -0.39 is 0 Å². The van der Waals surface area contributed by atoms with Crippen molar-refractivity contribution < 1.29 is 0 Å². The lowest BCUT2D eigenvalue weighted by atomic mass is 10.4. The summed E-state index contributed by atoms with van der Waals surface area (Å²) in [5.41, 5.74) is 0.943. The van der Waals surface area contributed by atoms with E-state index in [2.05, 4.69) is 15.3 Å². The first-order valence-electron chi connectivity index (χ1n) is 4.57. The Balaban J connectivity index is 2.02. The predicted molar refractivity (Wildman–Crippen MR) is 59.8 cm³/mol. The van der Waals surface area contributed by atoms with Crippen molar-refractivity contribution in [2.24, 2.45) is 7.05 Å². The molecule has 78 valence electrons. The lowest BCUT2D eigenvalue weighted by Gasteiger charge is -2.05. The van der Waals surface area contributed by atoms with Crippen molar-refractivity contribution in [2.75, 3.05) is 5.32 Å². The van der Waals surface area contributed by atoms with Crippen LogP contribution in [0.1, 0.15) is 5.82 Å². The van der Waals surface area contributed by atoms with Crippen LogP contribution in [0.3, 0.4) is 0 Å². The van der Waals surface area contributed by atoms with E-state index in [-0.39, 0.29) is 0 Å². The smallest absolute Gasteiger partial charge is 0.131 e. The zero-order chi connectivity index (χ0) is 10.7. The molecule has 2 aromatic heterocycles. The van der Waals surface area contributed by atoms with Crippen molar-refractivity contribution >= 4 is 17.3 Å². The minimum atomic E-state index is 0.486. The maximum absolute atomic E-state index is 5.76. The molecule has 0 saturated carbocycles. The highest BCUT2D eigenvalue weighted by molar-refractivity contribution is 6.29. The van der Waals surface area contributed by atoms with Crippen LogP contribution < -0.4 is 5.32 Å². The number of anilines is 1. The third-order valence-corrected chi connectivity index (χ3v) is 2.30. The fraction of sp³-hybridized carbons (Fsp3) is 0.200. The molecular formula is C10H11ClN4. The SMILES string of the molecule is Cn1ccnc1CNc1ccnc(Cl)c1. The van der Waals surface area contributed by atoms with Gasteiger partial charge in [0, 0.05) is 31.3 Å². The molecule has 0 radical (unpaired) electrons. The molecule has 2 aromatic rings. The van der Waals surface area contributed by atoms with Gasteiger partial charge in [-0.05, 0) is 12.1 Å². The van der Waals surface area contributed by atoms with E-state index in [1.54, 1.807) is 18.5 Å². The van der Waals surface area contributed by atoms with Gasteiger partial charge in [-0.2, -0.15) is 0 Å². The number of aryl methyl sites for hydroxylation is 1. The van der Waals surface area contributed by atoms with Crippen molar-refractivity contribution in [2.45, 2.75) is 6.54 Å². The quantitative estimate of drug-likeness (QED) is 0.809. The normalized spacial score (nSPS) is 10.3. The van der Waals surface area contributed by atoms with E-state index in [4.69, 9.17) is 11.6 Å². The van der Waals surface area contributed by atoms with Crippen LogP contribution in [-0.2, 0) is 13.6 Å². The molecule has 0 atom stereocenters.